The van der Waals surface area contributed by atoms with E-state index in [1.807, 2.05) is 11.0 Å². The molecule has 1 aromatic rings. The molecule has 3 aliphatic rings. The third-order valence-electron chi connectivity index (χ3n) is 5.35. The van der Waals surface area contributed by atoms with Crippen molar-refractivity contribution in [3.8, 4) is 5.75 Å². The van der Waals surface area contributed by atoms with Crippen molar-refractivity contribution in [2.75, 3.05) is 32.9 Å². The van der Waals surface area contributed by atoms with Crippen LogP contribution >= 0.6 is 11.6 Å². The molecule has 1 saturated carbocycles. The summed E-state index contributed by atoms with van der Waals surface area (Å²) in [6.07, 6.45) is 5.60. The molecule has 1 atom stereocenters. The summed E-state index contributed by atoms with van der Waals surface area (Å²) >= 11 is 6.38. The van der Waals surface area contributed by atoms with Crippen LogP contribution in [-0.4, -0.2) is 55.4 Å². The zero-order valence-corrected chi connectivity index (χ0v) is 15.1. The largest absolute Gasteiger partial charge is 0.490 e. The van der Waals surface area contributed by atoms with Gasteiger partial charge in [0.25, 0.3) is 5.91 Å². The first-order valence-corrected chi connectivity index (χ1v) is 9.50. The van der Waals surface area contributed by atoms with Crippen LogP contribution < -0.4 is 4.74 Å². The number of carbonyl (C=O) groups excluding carboxylic acids is 1. The average molecular weight is 366 g/mol. The number of halogens is 1. The Morgan fingerprint density at radius 3 is 2.84 bits per heavy atom. The van der Waals surface area contributed by atoms with Gasteiger partial charge in [0.05, 0.1) is 36.4 Å². The van der Waals surface area contributed by atoms with Crippen molar-refractivity contribution >= 4 is 17.5 Å². The van der Waals surface area contributed by atoms with Gasteiger partial charge < -0.3 is 19.1 Å². The van der Waals surface area contributed by atoms with E-state index in [4.69, 9.17) is 25.8 Å². The third kappa shape index (κ3) is 3.64. The van der Waals surface area contributed by atoms with Gasteiger partial charge in [0.2, 0.25) is 0 Å². The molecule has 5 nitrogen and oxygen atoms in total. The molecule has 2 heterocycles. The minimum Gasteiger partial charge on any atom is -0.490 e. The van der Waals surface area contributed by atoms with Crippen LogP contribution in [0.5, 0.6) is 5.75 Å². The van der Waals surface area contributed by atoms with Crippen molar-refractivity contribution < 1.29 is 19.0 Å². The first kappa shape index (κ1) is 17.1. The molecule has 2 aliphatic heterocycles. The molecular weight excluding hydrogens is 342 g/mol. The first-order chi connectivity index (χ1) is 12.2. The molecule has 25 heavy (non-hydrogen) atoms. The molecule has 1 amide bonds. The summed E-state index contributed by atoms with van der Waals surface area (Å²) in [6, 6.07) is 5.38. The van der Waals surface area contributed by atoms with E-state index < -0.39 is 0 Å². The van der Waals surface area contributed by atoms with Crippen LogP contribution in [0.2, 0.25) is 5.02 Å². The van der Waals surface area contributed by atoms with Crippen LogP contribution in [0.4, 0.5) is 0 Å². The predicted octanol–water partition coefficient (Wildman–Crippen LogP) is 3.29. The fourth-order valence-corrected chi connectivity index (χ4v) is 3.93. The molecule has 0 aromatic heterocycles. The van der Waals surface area contributed by atoms with E-state index >= 15 is 0 Å². The molecule has 6 heteroatoms. The molecule has 1 aliphatic carbocycles. The zero-order chi connectivity index (χ0) is 17.3. The van der Waals surface area contributed by atoms with Crippen LogP contribution in [0.3, 0.4) is 0 Å². The van der Waals surface area contributed by atoms with Gasteiger partial charge >= 0.3 is 0 Å². The molecule has 0 radical (unpaired) electrons. The lowest BCUT2D eigenvalue weighted by Crippen LogP contribution is -2.57. The molecule has 136 valence electrons. The first-order valence-electron chi connectivity index (χ1n) is 9.12. The van der Waals surface area contributed by atoms with E-state index in [2.05, 4.69) is 0 Å². The molecule has 0 bridgehead atoms. The van der Waals surface area contributed by atoms with Gasteiger partial charge in [0.1, 0.15) is 11.4 Å². The molecule has 1 spiro atoms. The van der Waals surface area contributed by atoms with E-state index in [0.717, 1.165) is 38.0 Å². The van der Waals surface area contributed by atoms with Gasteiger partial charge in [-0.05, 0) is 50.3 Å². The Kier molecular flexibility index (Phi) is 4.89. The van der Waals surface area contributed by atoms with Gasteiger partial charge in [-0.2, -0.15) is 0 Å². The lowest BCUT2D eigenvalue weighted by molar-refractivity contribution is -0.160. The normalized spacial score (nSPS) is 27.2. The van der Waals surface area contributed by atoms with Crippen molar-refractivity contribution in [3.63, 3.8) is 0 Å². The Labute approximate surface area is 153 Å². The monoisotopic (exact) mass is 365 g/mol. The van der Waals surface area contributed by atoms with E-state index in [9.17, 15) is 4.79 Å². The Balaban J connectivity index is 1.46. The summed E-state index contributed by atoms with van der Waals surface area (Å²) in [4.78, 5) is 14.8. The molecule has 1 aromatic carbocycles. The van der Waals surface area contributed by atoms with Gasteiger partial charge in [0, 0.05) is 13.2 Å². The van der Waals surface area contributed by atoms with Gasteiger partial charge in [-0.3, -0.25) is 4.79 Å². The van der Waals surface area contributed by atoms with Crippen molar-refractivity contribution in [2.24, 2.45) is 0 Å². The number of hydrogen-bond acceptors (Lipinski definition) is 4. The van der Waals surface area contributed by atoms with Crippen LogP contribution in [0.1, 0.15) is 42.5 Å². The van der Waals surface area contributed by atoms with E-state index in [1.54, 1.807) is 12.1 Å². The van der Waals surface area contributed by atoms with Crippen molar-refractivity contribution in [3.05, 3.63) is 28.8 Å². The highest BCUT2D eigenvalue weighted by molar-refractivity contribution is 6.34. The van der Waals surface area contributed by atoms with Crippen LogP contribution in [-0.2, 0) is 9.47 Å². The van der Waals surface area contributed by atoms with Crippen LogP contribution in [0, 0.1) is 0 Å². The second-order valence-electron chi connectivity index (χ2n) is 7.23. The topological polar surface area (TPSA) is 48.0 Å². The van der Waals surface area contributed by atoms with E-state index in [-0.39, 0.29) is 11.5 Å². The number of amides is 1. The summed E-state index contributed by atoms with van der Waals surface area (Å²) in [7, 11) is 0. The fraction of sp³-hybridized carbons (Fsp3) is 0.632. The number of hydrogen-bond donors (Lipinski definition) is 0. The molecule has 0 N–H and O–H groups in total. The Morgan fingerprint density at radius 1 is 1.28 bits per heavy atom. The molecular formula is C19H24ClNO4. The minimum absolute atomic E-state index is 0.0477. The van der Waals surface area contributed by atoms with Crippen LogP contribution in [0.15, 0.2) is 18.2 Å². The summed E-state index contributed by atoms with van der Waals surface area (Å²) in [5.41, 5.74) is 0.169. The highest BCUT2D eigenvalue weighted by atomic mass is 35.5. The van der Waals surface area contributed by atoms with Gasteiger partial charge in [-0.15, -0.1) is 0 Å². The third-order valence-corrected chi connectivity index (χ3v) is 5.66. The number of nitrogens with zero attached hydrogens (tertiary/aromatic N) is 1. The van der Waals surface area contributed by atoms with Gasteiger partial charge in [-0.25, -0.2) is 0 Å². The smallest absolute Gasteiger partial charge is 0.255 e. The van der Waals surface area contributed by atoms with Gasteiger partial charge in [-0.1, -0.05) is 11.6 Å². The highest BCUT2D eigenvalue weighted by Crippen LogP contribution is 2.31. The van der Waals surface area contributed by atoms with Crippen molar-refractivity contribution in [1.82, 2.24) is 4.90 Å². The summed E-state index contributed by atoms with van der Waals surface area (Å²) < 4.78 is 17.4. The number of benzene rings is 1. The average Bonchev–Trinajstić information content (AvgIpc) is 2.58. The SMILES string of the molecule is O=C(c1ccc(OC2CCC2)cc1Cl)N1CCOC2(CCCOC2)C1. The maximum absolute atomic E-state index is 13.0. The Morgan fingerprint density at radius 2 is 2.16 bits per heavy atom. The molecule has 2 saturated heterocycles. The second kappa shape index (κ2) is 7.14. The van der Waals surface area contributed by atoms with Crippen molar-refractivity contribution in [2.45, 2.75) is 43.8 Å². The summed E-state index contributed by atoms with van der Waals surface area (Å²) in [5, 5.41) is 0.447. The lowest BCUT2D eigenvalue weighted by Gasteiger charge is -2.44. The van der Waals surface area contributed by atoms with Crippen LogP contribution in [0.25, 0.3) is 0 Å². The standard InChI is InChI=1S/C19H24ClNO4/c20-17-11-15(25-14-3-1-4-14)5-6-16(17)18(22)21-8-10-24-19(12-21)7-2-9-23-13-19/h5-6,11,14H,1-4,7-10,12-13H2. The molecule has 1 unspecified atom stereocenters. The van der Waals surface area contributed by atoms with E-state index in [1.165, 1.54) is 6.42 Å². The number of rotatable bonds is 3. The maximum Gasteiger partial charge on any atom is 0.255 e. The lowest BCUT2D eigenvalue weighted by atomic mass is 9.94. The quantitative estimate of drug-likeness (QED) is 0.824. The predicted molar refractivity (Wildman–Crippen MR) is 94.4 cm³/mol. The van der Waals surface area contributed by atoms with Crippen molar-refractivity contribution in [1.29, 1.82) is 0 Å². The maximum atomic E-state index is 13.0. The second-order valence-corrected chi connectivity index (χ2v) is 7.63. The van der Waals surface area contributed by atoms with E-state index in [0.29, 0.717) is 43.0 Å². The number of ether oxygens (including phenoxy) is 3. The zero-order valence-electron chi connectivity index (χ0n) is 14.3. The summed E-state index contributed by atoms with van der Waals surface area (Å²) in [5.74, 6) is 0.693. The number of morpholine rings is 1. The minimum atomic E-state index is -0.355. The highest BCUT2D eigenvalue weighted by Gasteiger charge is 2.40. The van der Waals surface area contributed by atoms with Gasteiger partial charge in [0.15, 0.2) is 0 Å². The summed E-state index contributed by atoms with van der Waals surface area (Å²) in [6.45, 7) is 3.00. The number of carbonyl (C=O) groups is 1. The Hall–Kier alpha value is -1.30. The fourth-order valence-electron chi connectivity index (χ4n) is 3.68. The Bertz CT molecular complexity index is 635. The molecule has 3 fully saturated rings. The molecule has 4 rings (SSSR count).